The fourth-order valence-electron chi connectivity index (χ4n) is 2.15. The van der Waals surface area contributed by atoms with E-state index in [1.54, 1.807) is 7.11 Å². The van der Waals surface area contributed by atoms with E-state index in [2.05, 4.69) is 37.1 Å². The van der Waals surface area contributed by atoms with E-state index < -0.39 is 0 Å². The molecule has 0 fully saturated rings. The van der Waals surface area contributed by atoms with Gasteiger partial charge in [0.25, 0.3) is 0 Å². The number of hydrogen-bond acceptors (Lipinski definition) is 2. The molecule has 0 amide bonds. The normalized spacial score (nSPS) is 10.6. The van der Waals surface area contributed by atoms with E-state index in [1.165, 1.54) is 11.1 Å². The van der Waals surface area contributed by atoms with Crippen molar-refractivity contribution in [1.29, 1.82) is 0 Å². The zero-order valence-corrected chi connectivity index (χ0v) is 11.0. The highest BCUT2D eigenvalue weighted by Gasteiger charge is 2.10. The van der Waals surface area contributed by atoms with Gasteiger partial charge in [0.05, 0.1) is 18.5 Å². The highest BCUT2D eigenvalue weighted by Crippen LogP contribution is 2.30. The van der Waals surface area contributed by atoms with E-state index in [0.29, 0.717) is 0 Å². The van der Waals surface area contributed by atoms with Crippen molar-refractivity contribution in [3.63, 3.8) is 0 Å². The van der Waals surface area contributed by atoms with Crippen molar-refractivity contribution < 1.29 is 4.74 Å². The second-order valence-corrected chi connectivity index (χ2v) is 4.43. The minimum Gasteiger partial charge on any atom is -0.496 e. The minimum atomic E-state index is 0.935. The van der Waals surface area contributed by atoms with Crippen molar-refractivity contribution in [3.05, 3.63) is 35.0 Å². The Morgan fingerprint density at radius 1 is 1.06 bits per heavy atom. The summed E-state index contributed by atoms with van der Waals surface area (Å²) in [7, 11) is 3.68. The second kappa shape index (κ2) is 4.24. The van der Waals surface area contributed by atoms with Crippen LogP contribution in [0.3, 0.4) is 0 Å². The van der Waals surface area contributed by atoms with Crippen molar-refractivity contribution in [1.82, 2.24) is 9.78 Å². The molecule has 0 aliphatic heterocycles. The number of aromatic nitrogens is 2. The molecule has 0 bridgehead atoms. The van der Waals surface area contributed by atoms with Crippen LogP contribution in [0, 0.1) is 20.8 Å². The van der Waals surface area contributed by atoms with Crippen LogP contribution in [-0.2, 0) is 7.05 Å². The van der Waals surface area contributed by atoms with Crippen LogP contribution in [0.25, 0.3) is 11.3 Å². The van der Waals surface area contributed by atoms with E-state index in [9.17, 15) is 0 Å². The molecule has 1 aromatic carbocycles. The van der Waals surface area contributed by atoms with Crippen LogP contribution in [0.5, 0.6) is 5.75 Å². The Labute approximate surface area is 102 Å². The van der Waals surface area contributed by atoms with Crippen molar-refractivity contribution in [3.8, 4) is 17.0 Å². The van der Waals surface area contributed by atoms with Crippen LogP contribution >= 0.6 is 0 Å². The summed E-state index contributed by atoms with van der Waals surface area (Å²) in [6.07, 6.45) is 0. The second-order valence-electron chi connectivity index (χ2n) is 4.43. The predicted molar refractivity (Wildman–Crippen MR) is 69.4 cm³/mol. The molecule has 0 radical (unpaired) electrons. The van der Waals surface area contributed by atoms with Crippen LogP contribution in [0.1, 0.15) is 16.8 Å². The van der Waals surface area contributed by atoms with Crippen LogP contribution in [0.15, 0.2) is 18.2 Å². The monoisotopic (exact) mass is 230 g/mol. The molecule has 0 N–H and O–H groups in total. The average molecular weight is 230 g/mol. The molecule has 0 saturated heterocycles. The van der Waals surface area contributed by atoms with Crippen molar-refractivity contribution in [2.75, 3.05) is 7.11 Å². The molecule has 0 unspecified atom stereocenters. The maximum atomic E-state index is 5.33. The molecule has 0 aliphatic rings. The number of hydrogen-bond donors (Lipinski definition) is 0. The van der Waals surface area contributed by atoms with Crippen molar-refractivity contribution in [2.45, 2.75) is 20.8 Å². The third-order valence-corrected chi connectivity index (χ3v) is 3.02. The molecular weight excluding hydrogens is 212 g/mol. The van der Waals surface area contributed by atoms with Gasteiger partial charge < -0.3 is 4.74 Å². The molecule has 0 saturated carbocycles. The third kappa shape index (κ3) is 2.05. The van der Waals surface area contributed by atoms with Gasteiger partial charge in [-0.05, 0) is 50.1 Å². The SMILES string of the molecule is COc1cc(C)c(-c2cc(C)nn2C)cc1C. The first kappa shape index (κ1) is 11.7. The third-order valence-electron chi connectivity index (χ3n) is 3.02. The molecule has 17 heavy (non-hydrogen) atoms. The first-order valence-corrected chi connectivity index (χ1v) is 5.69. The lowest BCUT2D eigenvalue weighted by molar-refractivity contribution is 0.411. The first-order chi connectivity index (χ1) is 8.02. The van der Waals surface area contributed by atoms with E-state index in [-0.39, 0.29) is 0 Å². The topological polar surface area (TPSA) is 27.1 Å². The van der Waals surface area contributed by atoms with Crippen LogP contribution in [-0.4, -0.2) is 16.9 Å². The highest BCUT2D eigenvalue weighted by molar-refractivity contribution is 5.67. The summed E-state index contributed by atoms with van der Waals surface area (Å²) in [6.45, 7) is 6.17. The van der Waals surface area contributed by atoms with E-state index >= 15 is 0 Å². The van der Waals surface area contributed by atoms with Gasteiger partial charge in [0.15, 0.2) is 0 Å². The molecule has 90 valence electrons. The number of nitrogens with zero attached hydrogens (tertiary/aromatic N) is 2. The largest absolute Gasteiger partial charge is 0.496 e. The highest BCUT2D eigenvalue weighted by atomic mass is 16.5. The smallest absolute Gasteiger partial charge is 0.122 e. The number of benzene rings is 1. The predicted octanol–water partition coefficient (Wildman–Crippen LogP) is 3.02. The van der Waals surface area contributed by atoms with Crippen molar-refractivity contribution >= 4 is 0 Å². The van der Waals surface area contributed by atoms with Gasteiger partial charge in [0, 0.05) is 12.6 Å². The molecule has 3 heteroatoms. The molecule has 1 aromatic heterocycles. The Morgan fingerprint density at radius 3 is 2.29 bits per heavy atom. The van der Waals surface area contributed by atoms with Gasteiger partial charge in [-0.25, -0.2) is 0 Å². The molecular formula is C14H18N2O. The summed E-state index contributed by atoms with van der Waals surface area (Å²) in [4.78, 5) is 0. The molecule has 0 aliphatic carbocycles. The standard InChI is InChI=1S/C14H18N2O/c1-9-7-14(17-5)10(2)6-12(9)13-8-11(3)15-16(13)4/h6-8H,1-5H3. The van der Waals surface area contributed by atoms with Crippen LogP contribution in [0.4, 0.5) is 0 Å². The number of ether oxygens (including phenoxy) is 1. The minimum absolute atomic E-state index is 0.935. The van der Waals surface area contributed by atoms with Crippen molar-refractivity contribution in [2.24, 2.45) is 7.05 Å². The Balaban J connectivity index is 2.60. The van der Waals surface area contributed by atoms with Gasteiger partial charge in [-0.2, -0.15) is 5.10 Å². The lowest BCUT2D eigenvalue weighted by Crippen LogP contribution is -1.97. The Bertz CT molecular complexity index is 556. The van der Waals surface area contributed by atoms with Gasteiger partial charge in [-0.3, -0.25) is 4.68 Å². The Morgan fingerprint density at radius 2 is 1.76 bits per heavy atom. The summed E-state index contributed by atoms with van der Waals surface area (Å²) in [5.41, 5.74) is 5.75. The summed E-state index contributed by atoms with van der Waals surface area (Å²) in [5, 5.41) is 4.39. The molecule has 0 spiro atoms. The zero-order valence-electron chi connectivity index (χ0n) is 11.0. The average Bonchev–Trinajstić information content (AvgIpc) is 2.60. The van der Waals surface area contributed by atoms with Gasteiger partial charge in [-0.1, -0.05) is 0 Å². The van der Waals surface area contributed by atoms with Gasteiger partial charge >= 0.3 is 0 Å². The van der Waals surface area contributed by atoms with E-state index in [4.69, 9.17) is 4.74 Å². The summed E-state index contributed by atoms with van der Waals surface area (Å²) < 4.78 is 7.25. The van der Waals surface area contributed by atoms with Gasteiger partial charge in [0.2, 0.25) is 0 Å². The molecule has 2 rings (SSSR count). The van der Waals surface area contributed by atoms with Gasteiger partial charge in [0.1, 0.15) is 5.75 Å². The Hall–Kier alpha value is -1.77. The molecule has 1 heterocycles. The fourth-order valence-corrected chi connectivity index (χ4v) is 2.15. The molecule has 3 nitrogen and oxygen atoms in total. The quantitative estimate of drug-likeness (QED) is 0.793. The lowest BCUT2D eigenvalue weighted by Gasteiger charge is -2.11. The van der Waals surface area contributed by atoms with Gasteiger partial charge in [-0.15, -0.1) is 0 Å². The lowest BCUT2D eigenvalue weighted by atomic mass is 10.0. The summed E-state index contributed by atoms with van der Waals surface area (Å²) in [6, 6.07) is 6.34. The Kier molecular flexibility index (Phi) is 2.92. The van der Waals surface area contributed by atoms with E-state index in [1.807, 2.05) is 18.7 Å². The number of rotatable bonds is 2. The van der Waals surface area contributed by atoms with Crippen LogP contribution in [0.2, 0.25) is 0 Å². The fraction of sp³-hybridized carbons (Fsp3) is 0.357. The maximum absolute atomic E-state index is 5.33. The molecule has 2 aromatic rings. The molecule has 0 atom stereocenters. The first-order valence-electron chi connectivity index (χ1n) is 5.69. The maximum Gasteiger partial charge on any atom is 0.122 e. The summed E-state index contributed by atoms with van der Waals surface area (Å²) >= 11 is 0. The van der Waals surface area contributed by atoms with Crippen LogP contribution < -0.4 is 4.74 Å². The zero-order chi connectivity index (χ0) is 12.6. The number of methoxy groups -OCH3 is 1. The summed E-state index contributed by atoms with van der Waals surface area (Å²) in [5.74, 6) is 0.935. The number of aryl methyl sites for hydroxylation is 4. The van der Waals surface area contributed by atoms with E-state index in [0.717, 1.165) is 22.7 Å².